The molecule has 0 aromatic rings. The quantitative estimate of drug-likeness (QED) is 0.843. The van der Waals surface area contributed by atoms with E-state index in [9.17, 15) is 9.59 Å². The Morgan fingerprint density at radius 3 is 2.15 bits per heavy atom. The van der Waals surface area contributed by atoms with Crippen LogP contribution in [0.15, 0.2) is 0 Å². The van der Waals surface area contributed by atoms with Gasteiger partial charge in [-0.15, -0.1) is 0 Å². The van der Waals surface area contributed by atoms with Gasteiger partial charge in [-0.2, -0.15) is 0 Å². The van der Waals surface area contributed by atoms with E-state index in [4.69, 9.17) is 5.73 Å². The number of carbonyl (C=O) groups excluding carboxylic acids is 2. The first-order chi connectivity index (χ1) is 9.24. The molecule has 5 nitrogen and oxygen atoms in total. The second-order valence-electron chi connectivity index (χ2n) is 6.88. The Kier molecular flexibility index (Phi) is 5.99. The molecule has 0 spiro atoms. The van der Waals surface area contributed by atoms with E-state index in [-0.39, 0.29) is 23.1 Å². The van der Waals surface area contributed by atoms with E-state index in [1.54, 1.807) is 6.92 Å². The highest BCUT2D eigenvalue weighted by Crippen LogP contribution is 2.25. The van der Waals surface area contributed by atoms with Crippen molar-refractivity contribution in [3.8, 4) is 0 Å². The van der Waals surface area contributed by atoms with Crippen LogP contribution in [0.1, 0.15) is 40.5 Å². The first-order valence-electron chi connectivity index (χ1n) is 7.49. The van der Waals surface area contributed by atoms with Gasteiger partial charge in [0, 0.05) is 39.6 Å². The zero-order valence-electron chi connectivity index (χ0n) is 13.3. The standard InChI is InChI=1S/C15H29N3O2/c1-12(19)17-6-5-7-18(9-8-17)14(20)13(11-16)10-15(2,3)4/h13H,5-11,16H2,1-4H3. The molecule has 1 aliphatic heterocycles. The van der Waals surface area contributed by atoms with E-state index in [0.29, 0.717) is 19.6 Å². The van der Waals surface area contributed by atoms with E-state index >= 15 is 0 Å². The lowest BCUT2D eigenvalue weighted by Crippen LogP contribution is -2.42. The SMILES string of the molecule is CC(=O)N1CCCN(C(=O)C(CN)CC(C)(C)C)CC1. The highest BCUT2D eigenvalue weighted by atomic mass is 16.2. The van der Waals surface area contributed by atoms with Crippen molar-refractivity contribution in [2.45, 2.75) is 40.5 Å². The number of amides is 2. The third-order valence-electron chi connectivity index (χ3n) is 3.75. The van der Waals surface area contributed by atoms with Crippen molar-refractivity contribution in [1.29, 1.82) is 0 Å². The van der Waals surface area contributed by atoms with Gasteiger partial charge in [-0.1, -0.05) is 20.8 Å². The summed E-state index contributed by atoms with van der Waals surface area (Å²) in [6.45, 7) is 11.1. The molecule has 2 amide bonds. The molecular weight excluding hydrogens is 254 g/mol. The van der Waals surface area contributed by atoms with Crippen LogP contribution in [-0.2, 0) is 9.59 Å². The Balaban J connectivity index is 2.64. The molecule has 5 heteroatoms. The zero-order chi connectivity index (χ0) is 15.3. The molecule has 0 bridgehead atoms. The lowest BCUT2D eigenvalue weighted by molar-refractivity contribution is -0.136. The van der Waals surface area contributed by atoms with Crippen LogP contribution in [0.25, 0.3) is 0 Å². The van der Waals surface area contributed by atoms with E-state index in [2.05, 4.69) is 20.8 Å². The summed E-state index contributed by atoms with van der Waals surface area (Å²) in [6, 6.07) is 0. The molecule has 0 aliphatic carbocycles. The molecule has 1 heterocycles. The van der Waals surface area contributed by atoms with Gasteiger partial charge >= 0.3 is 0 Å². The third-order valence-corrected chi connectivity index (χ3v) is 3.75. The summed E-state index contributed by atoms with van der Waals surface area (Å²) in [5.74, 6) is 0.121. The Bertz CT molecular complexity index is 350. The summed E-state index contributed by atoms with van der Waals surface area (Å²) in [5.41, 5.74) is 5.88. The Morgan fingerprint density at radius 1 is 1.10 bits per heavy atom. The average molecular weight is 283 g/mol. The van der Waals surface area contributed by atoms with Gasteiger partial charge < -0.3 is 15.5 Å². The molecular formula is C15H29N3O2. The fourth-order valence-electron chi connectivity index (χ4n) is 2.72. The van der Waals surface area contributed by atoms with Gasteiger partial charge in [0.1, 0.15) is 0 Å². The van der Waals surface area contributed by atoms with Crippen molar-refractivity contribution in [2.75, 3.05) is 32.7 Å². The number of rotatable bonds is 3. The molecule has 0 aromatic heterocycles. The third kappa shape index (κ3) is 5.12. The molecule has 1 rings (SSSR count). The van der Waals surface area contributed by atoms with Crippen molar-refractivity contribution < 1.29 is 9.59 Å². The summed E-state index contributed by atoms with van der Waals surface area (Å²) in [6.07, 6.45) is 1.65. The van der Waals surface area contributed by atoms with E-state index < -0.39 is 0 Å². The van der Waals surface area contributed by atoms with Gasteiger partial charge in [0.2, 0.25) is 11.8 Å². The van der Waals surface area contributed by atoms with Crippen LogP contribution in [0.4, 0.5) is 0 Å². The molecule has 1 fully saturated rings. The van der Waals surface area contributed by atoms with Gasteiger partial charge in [0.05, 0.1) is 5.92 Å². The fourth-order valence-corrected chi connectivity index (χ4v) is 2.72. The van der Waals surface area contributed by atoms with E-state index in [1.807, 2.05) is 9.80 Å². The van der Waals surface area contributed by atoms with Crippen LogP contribution in [0.3, 0.4) is 0 Å². The summed E-state index contributed by atoms with van der Waals surface area (Å²) in [5, 5.41) is 0. The van der Waals surface area contributed by atoms with E-state index in [1.165, 1.54) is 0 Å². The van der Waals surface area contributed by atoms with Crippen LogP contribution in [0.2, 0.25) is 0 Å². The molecule has 1 atom stereocenters. The Hall–Kier alpha value is -1.10. The van der Waals surface area contributed by atoms with Crippen LogP contribution in [-0.4, -0.2) is 54.3 Å². The predicted molar refractivity (Wildman–Crippen MR) is 80.1 cm³/mol. The highest BCUT2D eigenvalue weighted by molar-refractivity contribution is 5.79. The number of carbonyl (C=O) groups is 2. The number of hydrogen-bond donors (Lipinski definition) is 1. The normalized spacial score (nSPS) is 18.6. The maximum absolute atomic E-state index is 12.6. The van der Waals surface area contributed by atoms with Gasteiger partial charge in [-0.25, -0.2) is 0 Å². The predicted octanol–water partition coefficient (Wildman–Crippen LogP) is 1.08. The van der Waals surface area contributed by atoms with E-state index in [0.717, 1.165) is 25.9 Å². The second-order valence-corrected chi connectivity index (χ2v) is 6.88. The number of hydrogen-bond acceptors (Lipinski definition) is 3. The number of nitrogens with two attached hydrogens (primary N) is 1. The van der Waals surface area contributed by atoms with Crippen molar-refractivity contribution in [3.63, 3.8) is 0 Å². The number of nitrogens with zero attached hydrogens (tertiary/aromatic N) is 2. The van der Waals surface area contributed by atoms with Gasteiger partial charge in [-0.05, 0) is 18.3 Å². The lowest BCUT2D eigenvalue weighted by Gasteiger charge is -2.29. The first kappa shape index (κ1) is 17.0. The van der Waals surface area contributed by atoms with Crippen LogP contribution >= 0.6 is 0 Å². The molecule has 0 aromatic carbocycles. The molecule has 0 saturated carbocycles. The topological polar surface area (TPSA) is 66.6 Å². The monoisotopic (exact) mass is 283 g/mol. The zero-order valence-corrected chi connectivity index (χ0v) is 13.3. The lowest BCUT2D eigenvalue weighted by atomic mass is 9.84. The summed E-state index contributed by atoms with van der Waals surface area (Å²) < 4.78 is 0. The molecule has 0 radical (unpaired) electrons. The van der Waals surface area contributed by atoms with Gasteiger partial charge in [0.25, 0.3) is 0 Å². The maximum Gasteiger partial charge on any atom is 0.227 e. The van der Waals surface area contributed by atoms with Gasteiger partial charge in [0.15, 0.2) is 0 Å². The van der Waals surface area contributed by atoms with Crippen LogP contribution < -0.4 is 5.73 Å². The summed E-state index contributed by atoms with van der Waals surface area (Å²) in [4.78, 5) is 27.7. The highest BCUT2D eigenvalue weighted by Gasteiger charge is 2.29. The molecule has 2 N–H and O–H groups in total. The minimum Gasteiger partial charge on any atom is -0.341 e. The Labute approximate surface area is 122 Å². The van der Waals surface area contributed by atoms with Crippen molar-refractivity contribution >= 4 is 11.8 Å². The summed E-state index contributed by atoms with van der Waals surface area (Å²) in [7, 11) is 0. The second kappa shape index (κ2) is 7.07. The molecule has 1 aliphatic rings. The van der Waals surface area contributed by atoms with Crippen LogP contribution in [0, 0.1) is 11.3 Å². The van der Waals surface area contributed by atoms with Gasteiger partial charge in [-0.3, -0.25) is 9.59 Å². The Morgan fingerprint density at radius 2 is 1.65 bits per heavy atom. The summed E-state index contributed by atoms with van der Waals surface area (Å²) >= 11 is 0. The molecule has 1 unspecified atom stereocenters. The van der Waals surface area contributed by atoms with Crippen LogP contribution in [0.5, 0.6) is 0 Å². The molecule has 116 valence electrons. The van der Waals surface area contributed by atoms with Crippen molar-refractivity contribution in [3.05, 3.63) is 0 Å². The molecule has 20 heavy (non-hydrogen) atoms. The van der Waals surface area contributed by atoms with Crippen molar-refractivity contribution in [1.82, 2.24) is 9.80 Å². The molecule has 1 saturated heterocycles. The largest absolute Gasteiger partial charge is 0.341 e. The minimum absolute atomic E-state index is 0.0874. The van der Waals surface area contributed by atoms with Crippen molar-refractivity contribution in [2.24, 2.45) is 17.1 Å². The smallest absolute Gasteiger partial charge is 0.227 e. The minimum atomic E-state index is -0.112. The average Bonchev–Trinajstić information content (AvgIpc) is 2.59. The maximum atomic E-state index is 12.6. The fraction of sp³-hybridized carbons (Fsp3) is 0.867. The first-order valence-corrected chi connectivity index (χ1v) is 7.49.